The molecule has 0 aromatic heterocycles. The van der Waals surface area contributed by atoms with Crippen molar-refractivity contribution in [1.29, 1.82) is 0 Å². The van der Waals surface area contributed by atoms with Gasteiger partial charge in [0.2, 0.25) is 0 Å². The Bertz CT molecular complexity index is 368. The van der Waals surface area contributed by atoms with Crippen molar-refractivity contribution < 1.29 is 4.74 Å². The van der Waals surface area contributed by atoms with Crippen molar-refractivity contribution in [2.75, 3.05) is 0 Å². The first-order valence-electron chi connectivity index (χ1n) is 6.77. The van der Waals surface area contributed by atoms with Gasteiger partial charge >= 0.3 is 0 Å². The quantitative estimate of drug-likeness (QED) is 0.806. The van der Waals surface area contributed by atoms with Crippen LogP contribution < -0.4 is 10.5 Å². The summed E-state index contributed by atoms with van der Waals surface area (Å²) in [6, 6.07) is 5.95. The van der Waals surface area contributed by atoms with Crippen LogP contribution in [-0.2, 0) is 6.42 Å². The molecule has 18 heavy (non-hydrogen) atoms. The van der Waals surface area contributed by atoms with Crippen LogP contribution in [0.15, 0.2) is 18.2 Å². The molecule has 0 saturated heterocycles. The summed E-state index contributed by atoms with van der Waals surface area (Å²) >= 11 is 6.04. The predicted octanol–water partition coefficient (Wildman–Crippen LogP) is 4.19. The predicted molar refractivity (Wildman–Crippen MR) is 78.4 cm³/mol. The Hall–Kier alpha value is -0.730. The summed E-state index contributed by atoms with van der Waals surface area (Å²) in [6.07, 6.45) is 4.18. The number of ether oxygens (including phenoxy) is 1. The van der Waals surface area contributed by atoms with Gasteiger partial charge in [-0.3, -0.25) is 0 Å². The second kappa shape index (κ2) is 7.65. The third-order valence-electron chi connectivity index (χ3n) is 3.05. The van der Waals surface area contributed by atoms with Gasteiger partial charge in [0.05, 0.1) is 6.10 Å². The Morgan fingerprint density at radius 3 is 2.67 bits per heavy atom. The highest BCUT2D eigenvalue weighted by molar-refractivity contribution is 6.30. The minimum atomic E-state index is 0.160. The van der Waals surface area contributed by atoms with Gasteiger partial charge in [0.15, 0.2) is 0 Å². The minimum Gasteiger partial charge on any atom is -0.490 e. The summed E-state index contributed by atoms with van der Waals surface area (Å²) in [5, 5.41) is 0.740. The summed E-state index contributed by atoms with van der Waals surface area (Å²) in [5.41, 5.74) is 7.13. The van der Waals surface area contributed by atoms with E-state index in [0.29, 0.717) is 0 Å². The molecule has 1 aromatic rings. The highest BCUT2D eigenvalue weighted by Gasteiger charge is 2.11. The van der Waals surface area contributed by atoms with Gasteiger partial charge in [0.25, 0.3) is 0 Å². The lowest BCUT2D eigenvalue weighted by molar-refractivity contribution is 0.207. The fourth-order valence-corrected chi connectivity index (χ4v) is 2.13. The van der Waals surface area contributed by atoms with E-state index in [-0.39, 0.29) is 12.1 Å². The minimum absolute atomic E-state index is 0.160. The SMILES string of the molecule is CCCC(C)Oc1ccc(Cl)cc1CC(N)CC. The van der Waals surface area contributed by atoms with Gasteiger partial charge < -0.3 is 10.5 Å². The van der Waals surface area contributed by atoms with Crippen molar-refractivity contribution in [2.45, 2.75) is 58.6 Å². The van der Waals surface area contributed by atoms with Gasteiger partial charge in [-0.05, 0) is 49.9 Å². The highest BCUT2D eigenvalue weighted by atomic mass is 35.5. The lowest BCUT2D eigenvalue weighted by atomic mass is 10.0. The van der Waals surface area contributed by atoms with Crippen LogP contribution in [0, 0.1) is 0 Å². The third-order valence-corrected chi connectivity index (χ3v) is 3.29. The maximum absolute atomic E-state index is 6.04. The largest absolute Gasteiger partial charge is 0.490 e. The van der Waals surface area contributed by atoms with E-state index in [0.717, 1.165) is 42.0 Å². The van der Waals surface area contributed by atoms with Gasteiger partial charge in [0.1, 0.15) is 5.75 Å². The van der Waals surface area contributed by atoms with E-state index in [2.05, 4.69) is 20.8 Å². The van der Waals surface area contributed by atoms with Crippen molar-refractivity contribution in [1.82, 2.24) is 0 Å². The topological polar surface area (TPSA) is 35.2 Å². The maximum Gasteiger partial charge on any atom is 0.123 e. The molecular formula is C15H24ClNO. The molecule has 2 N–H and O–H groups in total. The maximum atomic E-state index is 6.04. The summed E-state index contributed by atoms with van der Waals surface area (Å²) < 4.78 is 5.97. The van der Waals surface area contributed by atoms with E-state index < -0.39 is 0 Å². The smallest absolute Gasteiger partial charge is 0.123 e. The van der Waals surface area contributed by atoms with Crippen molar-refractivity contribution in [3.05, 3.63) is 28.8 Å². The summed E-state index contributed by atoms with van der Waals surface area (Å²) in [4.78, 5) is 0. The average molecular weight is 270 g/mol. The van der Waals surface area contributed by atoms with E-state index >= 15 is 0 Å². The first-order chi connectivity index (χ1) is 8.56. The van der Waals surface area contributed by atoms with Crippen LogP contribution in [0.1, 0.15) is 45.6 Å². The molecule has 0 saturated carbocycles. The number of rotatable bonds is 7. The third kappa shape index (κ3) is 4.87. The fraction of sp³-hybridized carbons (Fsp3) is 0.600. The number of hydrogen-bond acceptors (Lipinski definition) is 2. The molecule has 0 radical (unpaired) electrons. The number of benzene rings is 1. The number of hydrogen-bond donors (Lipinski definition) is 1. The van der Waals surface area contributed by atoms with Gasteiger partial charge in [0, 0.05) is 11.1 Å². The van der Waals surface area contributed by atoms with Crippen LogP contribution in [0.25, 0.3) is 0 Å². The molecule has 0 aliphatic heterocycles. The molecule has 1 aromatic carbocycles. The Kier molecular flexibility index (Phi) is 6.51. The Balaban J connectivity index is 2.82. The molecule has 2 nitrogen and oxygen atoms in total. The first kappa shape index (κ1) is 15.3. The van der Waals surface area contributed by atoms with E-state index in [1.165, 1.54) is 0 Å². The van der Waals surface area contributed by atoms with Gasteiger partial charge in [-0.15, -0.1) is 0 Å². The zero-order chi connectivity index (χ0) is 13.5. The van der Waals surface area contributed by atoms with E-state index in [4.69, 9.17) is 22.1 Å². The fourth-order valence-electron chi connectivity index (χ4n) is 1.93. The zero-order valence-corrected chi connectivity index (χ0v) is 12.3. The molecule has 0 heterocycles. The second-order valence-electron chi connectivity index (χ2n) is 4.84. The molecular weight excluding hydrogens is 246 g/mol. The molecule has 0 aliphatic carbocycles. The Morgan fingerprint density at radius 1 is 1.33 bits per heavy atom. The van der Waals surface area contributed by atoms with Crippen molar-refractivity contribution in [3.63, 3.8) is 0 Å². The van der Waals surface area contributed by atoms with Crippen molar-refractivity contribution in [2.24, 2.45) is 5.73 Å². The van der Waals surface area contributed by atoms with Crippen molar-refractivity contribution in [3.8, 4) is 5.75 Å². The lowest BCUT2D eigenvalue weighted by Crippen LogP contribution is -2.22. The second-order valence-corrected chi connectivity index (χ2v) is 5.28. The van der Waals surface area contributed by atoms with Crippen LogP contribution in [0.5, 0.6) is 5.75 Å². The molecule has 0 spiro atoms. The Labute approximate surface area is 115 Å². The lowest BCUT2D eigenvalue weighted by Gasteiger charge is -2.18. The molecule has 1 rings (SSSR count). The monoisotopic (exact) mass is 269 g/mol. The van der Waals surface area contributed by atoms with Gasteiger partial charge in [-0.25, -0.2) is 0 Å². The van der Waals surface area contributed by atoms with Crippen molar-refractivity contribution >= 4 is 11.6 Å². The van der Waals surface area contributed by atoms with Crippen LogP contribution in [-0.4, -0.2) is 12.1 Å². The molecule has 2 atom stereocenters. The first-order valence-corrected chi connectivity index (χ1v) is 7.15. The molecule has 0 bridgehead atoms. The molecule has 2 unspecified atom stereocenters. The van der Waals surface area contributed by atoms with Gasteiger partial charge in [-0.1, -0.05) is 31.9 Å². The molecule has 0 amide bonds. The average Bonchev–Trinajstić information content (AvgIpc) is 2.33. The standard InChI is InChI=1S/C15H24ClNO/c1-4-6-11(3)18-15-8-7-13(16)9-12(15)10-14(17)5-2/h7-9,11,14H,4-6,10,17H2,1-3H3. The van der Waals surface area contributed by atoms with Crippen LogP contribution in [0.4, 0.5) is 0 Å². The molecule has 0 aliphatic rings. The number of halogens is 1. The van der Waals surface area contributed by atoms with E-state index in [1.54, 1.807) is 0 Å². The Morgan fingerprint density at radius 2 is 2.06 bits per heavy atom. The zero-order valence-electron chi connectivity index (χ0n) is 11.6. The van der Waals surface area contributed by atoms with E-state index in [9.17, 15) is 0 Å². The summed E-state index contributed by atoms with van der Waals surface area (Å²) in [6.45, 7) is 6.35. The normalized spacial score (nSPS) is 14.3. The highest BCUT2D eigenvalue weighted by Crippen LogP contribution is 2.26. The molecule has 0 fully saturated rings. The molecule has 3 heteroatoms. The number of nitrogens with two attached hydrogens (primary N) is 1. The summed E-state index contributed by atoms with van der Waals surface area (Å²) in [5.74, 6) is 0.921. The van der Waals surface area contributed by atoms with Crippen LogP contribution in [0.3, 0.4) is 0 Å². The van der Waals surface area contributed by atoms with Crippen LogP contribution in [0.2, 0.25) is 5.02 Å². The molecule has 102 valence electrons. The van der Waals surface area contributed by atoms with E-state index in [1.807, 2.05) is 18.2 Å². The summed E-state index contributed by atoms with van der Waals surface area (Å²) in [7, 11) is 0. The van der Waals surface area contributed by atoms with Gasteiger partial charge in [-0.2, -0.15) is 0 Å². The van der Waals surface area contributed by atoms with Crippen LogP contribution >= 0.6 is 11.6 Å².